The average Bonchev–Trinajstić information content (AvgIpc) is 3.22. The van der Waals surface area contributed by atoms with Gasteiger partial charge < -0.3 is 19.3 Å². The standard InChI is InChI=1S/C26H32FN3O7S/c1-18-5-8-21(9-6-18)38(33,34)35-17-20-16-30(25(32)36-20)19-7-10-23(22(27)15-19)28-11-13-29(14-12-28)24(31)37-26(2,3)4/h5-10,15,20H,11-14,16-17H2,1-4H3/t20-/m1/s1. The lowest BCUT2D eigenvalue weighted by Gasteiger charge is -2.37. The molecular formula is C26H32FN3O7S. The van der Waals surface area contributed by atoms with Crippen LogP contribution in [0.25, 0.3) is 0 Å². The van der Waals surface area contributed by atoms with Crippen LogP contribution >= 0.6 is 0 Å². The quantitative estimate of drug-likeness (QED) is 0.500. The SMILES string of the molecule is Cc1ccc(S(=O)(=O)OC[C@H]2CN(c3ccc(N4CCN(C(=O)OC(C)(C)C)CC4)c(F)c3)C(=O)O2)cc1. The summed E-state index contributed by atoms with van der Waals surface area (Å²) >= 11 is 0. The Labute approximate surface area is 222 Å². The summed E-state index contributed by atoms with van der Waals surface area (Å²) < 4.78 is 55.7. The highest BCUT2D eigenvalue weighted by atomic mass is 32.2. The van der Waals surface area contributed by atoms with E-state index in [0.29, 0.717) is 31.9 Å². The third-order valence-corrected chi connectivity index (χ3v) is 7.40. The number of amides is 2. The normalized spacial score (nSPS) is 18.5. The second-order valence-corrected chi connectivity index (χ2v) is 11.9. The molecule has 2 aliphatic heterocycles. The topological polar surface area (TPSA) is 106 Å². The number of ether oxygens (including phenoxy) is 2. The minimum Gasteiger partial charge on any atom is -0.444 e. The van der Waals surface area contributed by atoms with Crippen molar-refractivity contribution < 1.29 is 36.1 Å². The van der Waals surface area contributed by atoms with Gasteiger partial charge in [-0.05, 0) is 58.0 Å². The van der Waals surface area contributed by atoms with Crippen LogP contribution in [-0.4, -0.2) is 76.5 Å². The van der Waals surface area contributed by atoms with Crippen LogP contribution in [0.1, 0.15) is 26.3 Å². The minimum absolute atomic E-state index is 0.00821. The fourth-order valence-electron chi connectivity index (χ4n) is 4.13. The fourth-order valence-corrected chi connectivity index (χ4v) is 5.07. The highest BCUT2D eigenvalue weighted by Gasteiger charge is 2.35. The maximum atomic E-state index is 15.1. The molecule has 0 radical (unpaired) electrons. The Morgan fingerprint density at radius 3 is 2.34 bits per heavy atom. The van der Waals surface area contributed by atoms with Gasteiger partial charge in [0.25, 0.3) is 10.1 Å². The second-order valence-electron chi connectivity index (χ2n) is 10.3. The van der Waals surface area contributed by atoms with E-state index >= 15 is 4.39 Å². The van der Waals surface area contributed by atoms with Crippen LogP contribution in [0, 0.1) is 12.7 Å². The highest BCUT2D eigenvalue weighted by Crippen LogP contribution is 2.29. The maximum absolute atomic E-state index is 15.1. The molecule has 12 heteroatoms. The van der Waals surface area contributed by atoms with Gasteiger partial charge in [0, 0.05) is 26.2 Å². The Bertz CT molecular complexity index is 1290. The molecule has 0 N–H and O–H groups in total. The minimum atomic E-state index is -4.02. The van der Waals surface area contributed by atoms with Crippen LogP contribution in [0.2, 0.25) is 0 Å². The third kappa shape index (κ3) is 6.54. The molecule has 4 rings (SSSR count). The summed E-state index contributed by atoms with van der Waals surface area (Å²) in [5, 5.41) is 0. The Balaban J connectivity index is 1.34. The van der Waals surface area contributed by atoms with E-state index in [2.05, 4.69) is 0 Å². The van der Waals surface area contributed by atoms with E-state index in [1.807, 2.05) is 11.8 Å². The molecule has 2 amide bonds. The molecule has 2 heterocycles. The monoisotopic (exact) mass is 549 g/mol. The van der Waals surface area contributed by atoms with Crippen LogP contribution in [0.15, 0.2) is 47.4 Å². The number of piperazine rings is 1. The van der Waals surface area contributed by atoms with Crippen molar-refractivity contribution in [2.45, 2.75) is 44.3 Å². The molecule has 0 bridgehead atoms. The van der Waals surface area contributed by atoms with Crippen molar-refractivity contribution in [2.24, 2.45) is 0 Å². The summed E-state index contributed by atoms with van der Waals surface area (Å²) in [5.41, 5.74) is 0.959. The molecule has 0 aromatic heterocycles. The largest absolute Gasteiger partial charge is 0.444 e. The van der Waals surface area contributed by atoms with E-state index in [-0.39, 0.29) is 23.7 Å². The number of anilines is 2. The number of hydrogen-bond acceptors (Lipinski definition) is 8. The van der Waals surface area contributed by atoms with Gasteiger partial charge in [-0.2, -0.15) is 8.42 Å². The van der Waals surface area contributed by atoms with E-state index < -0.39 is 39.8 Å². The number of benzene rings is 2. The summed E-state index contributed by atoms with van der Waals surface area (Å²) in [6.45, 7) is 8.53. The Morgan fingerprint density at radius 1 is 1.08 bits per heavy atom. The number of cyclic esters (lactones) is 1. The van der Waals surface area contributed by atoms with Gasteiger partial charge in [0.2, 0.25) is 0 Å². The lowest BCUT2D eigenvalue weighted by Crippen LogP contribution is -2.50. The Hall–Kier alpha value is -3.38. The number of aryl methyl sites for hydroxylation is 1. The molecule has 1 atom stereocenters. The van der Waals surface area contributed by atoms with Crippen molar-refractivity contribution in [3.8, 4) is 0 Å². The Kier molecular flexibility index (Phi) is 7.84. The van der Waals surface area contributed by atoms with Crippen LogP contribution in [0.3, 0.4) is 0 Å². The lowest BCUT2D eigenvalue weighted by molar-refractivity contribution is 0.0240. The molecule has 2 fully saturated rings. The zero-order chi connectivity index (χ0) is 27.7. The van der Waals surface area contributed by atoms with Gasteiger partial charge in [-0.25, -0.2) is 14.0 Å². The number of nitrogens with zero attached hydrogens (tertiary/aromatic N) is 3. The molecule has 2 aliphatic rings. The third-order valence-electron chi connectivity index (χ3n) is 6.11. The molecule has 2 saturated heterocycles. The van der Waals surface area contributed by atoms with E-state index in [0.717, 1.165) is 5.56 Å². The maximum Gasteiger partial charge on any atom is 0.414 e. The molecule has 0 saturated carbocycles. The first kappa shape index (κ1) is 27.6. The molecule has 10 nitrogen and oxygen atoms in total. The second kappa shape index (κ2) is 10.8. The van der Waals surface area contributed by atoms with Gasteiger partial charge in [-0.15, -0.1) is 0 Å². The van der Waals surface area contributed by atoms with Crippen LogP contribution in [-0.2, 0) is 23.8 Å². The van der Waals surface area contributed by atoms with Crippen LogP contribution in [0.4, 0.5) is 25.4 Å². The number of rotatable bonds is 6. The van der Waals surface area contributed by atoms with E-state index in [9.17, 15) is 18.0 Å². The molecular weight excluding hydrogens is 517 g/mol. The smallest absolute Gasteiger partial charge is 0.414 e. The van der Waals surface area contributed by atoms with Gasteiger partial charge in [0.05, 0.1) is 22.8 Å². The molecule has 0 unspecified atom stereocenters. The number of carbonyl (C=O) groups excluding carboxylic acids is 2. The first-order valence-electron chi connectivity index (χ1n) is 12.3. The summed E-state index contributed by atoms with van der Waals surface area (Å²) in [6.07, 6.45) is -1.96. The zero-order valence-electron chi connectivity index (χ0n) is 21.8. The number of halogens is 1. The molecule has 38 heavy (non-hydrogen) atoms. The van der Waals surface area contributed by atoms with Gasteiger partial charge >= 0.3 is 12.2 Å². The van der Waals surface area contributed by atoms with E-state index in [1.165, 1.54) is 23.1 Å². The fraction of sp³-hybridized carbons (Fsp3) is 0.462. The predicted octanol–water partition coefficient (Wildman–Crippen LogP) is 3.92. The summed E-state index contributed by atoms with van der Waals surface area (Å²) in [4.78, 5) is 29.4. The molecule has 0 aliphatic carbocycles. The van der Waals surface area contributed by atoms with Gasteiger partial charge in [-0.1, -0.05) is 17.7 Å². The summed E-state index contributed by atoms with van der Waals surface area (Å²) in [6, 6.07) is 10.6. The van der Waals surface area contributed by atoms with Crippen molar-refractivity contribution >= 4 is 33.7 Å². The van der Waals surface area contributed by atoms with Crippen molar-refractivity contribution in [3.63, 3.8) is 0 Å². The molecule has 206 valence electrons. The van der Waals surface area contributed by atoms with Crippen molar-refractivity contribution in [3.05, 3.63) is 53.8 Å². The van der Waals surface area contributed by atoms with Crippen LogP contribution < -0.4 is 9.80 Å². The first-order chi connectivity index (χ1) is 17.8. The van der Waals surface area contributed by atoms with Gasteiger partial charge in [-0.3, -0.25) is 9.08 Å². The van der Waals surface area contributed by atoms with Crippen molar-refractivity contribution in [2.75, 3.05) is 49.1 Å². The molecule has 0 spiro atoms. The lowest BCUT2D eigenvalue weighted by atomic mass is 10.2. The average molecular weight is 550 g/mol. The highest BCUT2D eigenvalue weighted by molar-refractivity contribution is 7.86. The zero-order valence-corrected chi connectivity index (χ0v) is 22.7. The first-order valence-corrected chi connectivity index (χ1v) is 13.7. The van der Waals surface area contributed by atoms with Crippen LogP contribution in [0.5, 0.6) is 0 Å². The van der Waals surface area contributed by atoms with Crippen molar-refractivity contribution in [1.29, 1.82) is 0 Å². The Morgan fingerprint density at radius 2 is 1.74 bits per heavy atom. The number of carbonyl (C=O) groups is 2. The van der Waals surface area contributed by atoms with Gasteiger partial charge in [0.1, 0.15) is 24.1 Å². The van der Waals surface area contributed by atoms with E-state index in [1.54, 1.807) is 49.9 Å². The molecule has 2 aromatic carbocycles. The molecule has 2 aromatic rings. The van der Waals surface area contributed by atoms with Crippen molar-refractivity contribution in [1.82, 2.24) is 4.90 Å². The summed E-state index contributed by atoms with van der Waals surface area (Å²) in [7, 11) is -4.02. The predicted molar refractivity (Wildman–Crippen MR) is 138 cm³/mol. The number of hydrogen-bond donors (Lipinski definition) is 0. The van der Waals surface area contributed by atoms with E-state index in [4.69, 9.17) is 13.7 Å². The van der Waals surface area contributed by atoms with Gasteiger partial charge in [0.15, 0.2) is 0 Å². The summed E-state index contributed by atoms with van der Waals surface area (Å²) in [5.74, 6) is -0.525.